The second-order valence-electron chi connectivity index (χ2n) is 5.47. The monoisotopic (exact) mass is 380 g/mol. The standard InChI is InChI=1S/C16H20N4O5S/c1-5-11-9(3)26-15(14(11)16(22)25-6-2)18-12(21)8-19-10(4)17-7-13(19)20(23)24/h7H,5-6,8H2,1-4H3,(H,18,21). The molecular weight excluding hydrogens is 360 g/mol. The van der Waals surface area contributed by atoms with Gasteiger partial charge in [0.25, 0.3) is 5.91 Å². The van der Waals surface area contributed by atoms with E-state index in [1.807, 2.05) is 13.8 Å². The number of anilines is 1. The average Bonchev–Trinajstić information content (AvgIpc) is 3.07. The number of thiophene rings is 1. The van der Waals surface area contributed by atoms with E-state index >= 15 is 0 Å². The SMILES string of the molecule is CCOC(=O)c1c(NC(=O)Cn2c([N+](=O)[O-])cnc2C)sc(C)c1CC. The van der Waals surface area contributed by atoms with Gasteiger partial charge < -0.3 is 20.2 Å². The van der Waals surface area contributed by atoms with Gasteiger partial charge in [0.15, 0.2) is 12.4 Å². The zero-order chi connectivity index (χ0) is 19.4. The Balaban J connectivity index is 2.28. The molecule has 0 bridgehead atoms. The number of nitrogens with zero attached hydrogens (tertiary/aromatic N) is 3. The van der Waals surface area contributed by atoms with Crippen LogP contribution in [0, 0.1) is 24.0 Å². The van der Waals surface area contributed by atoms with Crippen molar-refractivity contribution in [3.05, 3.63) is 38.1 Å². The van der Waals surface area contributed by atoms with Crippen molar-refractivity contribution < 1.29 is 19.2 Å². The van der Waals surface area contributed by atoms with Crippen molar-refractivity contribution in [1.29, 1.82) is 0 Å². The third-order valence-corrected chi connectivity index (χ3v) is 4.88. The molecule has 0 saturated heterocycles. The smallest absolute Gasteiger partial charge is 0.343 e. The number of amides is 1. The van der Waals surface area contributed by atoms with Crippen molar-refractivity contribution in [1.82, 2.24) is 9.55 Å². The molecule has 0 aromatic carbocycles. The molecule has 2 rings (SSSR count). The number of esters is 1. The summed E-state index contributed by atoms with van der Waals surface area (Å²) in [6.45, 7) is 7.03. The highest BCUT2D eigenvalue weighted by atomic mass is 32.1. The highest BCUT2D eigenvalue weighted by molar-refractivity contribution is 7.16. The van der Waals surface area contributed by atoms with E-state index in [2.05, 4.69) is 10.3 Å². The van der Waals surface area contributed by atoms with Gasteiger partial charge in [-0.1, -0.05) is 6.92 Å². The second kappa shape index (κ2) is 8.09. The van der Waals surface area contributed by atoms with Gasteiger partial charge in [-0.05, 0) is 30.8 Å². The number of aryl methyl sites for hydroxylation is 2. The van der Waals surface area contributed by atoms with Crippen molar-refractivity contribution in [3.63, 3.8) is 0 Å². The predicted octanol–water partition coefficient (Wildman–Crippen LogP) is 2.85. The van der Waals surface area contributed by atoms with Crippen LogP contribution in [0.4, 0.5) is 10.8 Å². The summed E-state index contributed by atoms with van der Waals surface area (Å²) >= 11 is 1.28. The number of imidazole rings is 1. The molecule has 2 heterocycles. The average molecular weight is 380 g/mol. The molecule has 0 atom stereocenters. The van der Waals surface area contributed by atoms with Crippen LogP contribution in [0.3, 0.4) is 0 Å². The van der Waals surface area contributed by atoms with E-state index in [-0.39, 0.29) is 19.0 Å². The lowest BCUT2D eigenvalue weighted by Gasteiger charge is -2.08. The number of ether oxygens (including phenoxy) is 1. The zero-order valence-electron chi connectivity index (χ0n) is 15.0. The van der Waals surface area contributed by atoms with Gasteiger partial charge in [0.05, 0.1) is 12.2 Å². The van der Waals surface area contributed by atoms with Crippen LogP contribution in [0.1, 0.15) is 40.5 Å². The molecule has 1 N–H and O–H groups in total. The van der Waals surface area contributed by atoms with Crippen LogP contribution in [0.2, 0.25) is 0 Å². The predicted molar refractivity (Wildman–Crippen MR) is 96.6 cm³/mol. The van der Waals surface area contributed by atoms with E-state index in [4.69, 9.17) is 4.74 Å². The summed E-state index contributed by atoms with van der Waals surface area (Å²) < 4.78 is 6.30. The maximum atomic E-state index is 12.4. The molecule has 0 unspecified atom stereocenters. The summed E-state index contributed by atoms with van der Waals surface area (Å²) in [7, 11) is 0. The highest BCUT2D eigenvalue weighted by Gasteiger charge is 2.25. The lowest BCUT2D eigenvalue weighted by Crippen LogP contribution is -2.21. The molecule has 0 aliphatic heterocycles. The van der Waals surface area contributed by atoms with Gasteiger partial charge in [0.1, 0.15) is 11.2 Å². The van der Waals surface area contributed by atoms with E-state index in [0.717, 1.165) is 16.6 Å². The van der Waals surface area contributed by atoms with Gasteiger partial charge in [-0.25, -0.2) is 14.3 Å². The van der Waals surface area contributed by atoms with Crippen LogP contribution in [-0.4, -0.2) is 33.0 Å². The van der Waals surface area contributed by atoms with Gasteiger partial charge in [-0.3, -0.25) is 4.79 Å². The van der Waals surface area contributed by atoms with Crippen molar-refractivity contribution >= 4 is 34.0 Å². The summed E-state index contributed by atoms with van der Waals surface area (Å²) in [4.78, 5) is 39.9. The fourth-order valence-corrected chi connectivity index (χ4v) is 3.77. The van der Waals surface area contributed by atoms with E-state index in [1.54, 1.807) is 13.8 Å². The lowest BCUT2D eigenvalue weighted by molar-refractivity contribution is -0.392. The van der Waals surface area contributed by atoms with E-state index in [0.29, 0.717) is 22.8 Å². The highest BCUT2D eigenvalue weighted by Crippen LogP contribution is 2.34. The first-order valence-corrected chi connectivity index (χ1v) is 8.87. The Bertz CT molecular complexity index is 855. The molecule has 140 valence electrons. The molecule has 0 spiro atoms. The minimum Gasteiger partial charge on any atom is -0.462 e. The number of nitro groups is 1. The maximum absolute atomic E-state index is 12.4. The lowest BCUT2D eigenvalue weighted by atomic mass is 10.1. The van der Waals surface area contributed by atoms with Gasteiger partial charge in [-0.2, -0.15) is 0 Å². The van der Waals surface area contributed by atoms with Crippen molar-refractivity contribution in [3.8, 4) is 0 Å². The molecule has 9 nitrogen and oxygen atoms in total. The fraction of sp³-hybridized carbons (Fsp3) is 0.438. The molecule has 0 aliphatic rings. The van der Waals surface area contributed by atoms with Crippen molar-refractivity contribution in [2.75, 3.05) is 11.9 Å². The number of carbonyl (C=O) groups is 2. The summed E-state index contributed by atoms with van der Waals surface area (Å²) in [5.74, 6) is -0.883. The normalized spacial score (nSPS) is 10.6. The summed E-state index contributed by atoms with van der Waals surface area (Å²) in [6, 6.07) is 0. The van der Waals surface area contributed by atoms with E-state index in [1.165, 1.54) is 15.9 Å². The minimum absolute atomic E-state index is 0.227. The number of nitrogens with one attached hydrogen (secondary N) is 1. The zero-order valence-corrected chi connectivity index (χ0v) is 15.8. The Morgan fingerprint density at radius 3 is 2.65 bits per heavy atom. The third-order valence-electron chi connectivity index (χ3n) is 3.82. The first-order valence-electron chi connectivity index (χ1n) is 8.05. The second-order valence-corrected chi connectivity index (χ2v) is 6.69. The van der Waals surface area contributed by atoms with Crippen molar-refractivity contribution in [2.24, 2.45) is 0 Å². The first-order chi connectivity index (χ1) is 12.3. The molecule has 10 heteroatoms. The molecular formula is C16H20N4O5S. The number of carbonyl (C=O) groups excluding carboxylic acids is 2. The Morgan fingerprint density at radius 2 is 2.08 bits per heavy atom. The Kier molecular flexibility index (Phi) is 6.09. The number of hydrogen-bond donors (Lipinski definition) is 1. The maximum Gasteiger partial charge on any atom is 0.343 e. The van der Waals surface area contributed by atoms with Crippen LogP contribution < -0.4 is 5.32 Å². The molecule has 0 aliphatic carbocycles. The minimum atomic E-state index is -0.595. The van der Waals surface area contributed by atoms with Gasteiger partial charge in [0, 0.05) is 11.8 Å². The molecule has 26 heavy (non-hydrogen) atoms. The number of rotatable bonds is 7. The van der Waals surface area contributed by atoms with E-state index < -0.39 is 16.8 Å². The van der Waals surface area contributed by atoms with Gasteiger partial charge in [0.2, 0.25) is 0 Å². The number of aromatic nitrogens is 2. The van der Waals surface area contributed by atoms with Crippen molar-refractivity contribution in [2.45, 2.75) is 40.7 Å². The van der Waals surface area contributed by atoms with Gasteiger partial charge in [-0.15, -0.1) is 11.3 Å². The molecule has 2 aromatic rings. The third kappa shape index (κ3) is 3.90. The molecule has 2 aromatic heterocycles. The first kappa shape index (κ1) is 19.6. The molecule has 0 fully saturated rings. The quantitative estimate of drug-likeness (QED) is 0.448. The summed E-state index contributed by atoms with van der Waals surface area (Å²) in [5.41, 5.74) is 1.18. The van der Waals surface area contributed by atoms with E-state index in [9.17, 15) is 19.7 Å². The molecule has 0 saturated carbocycles. The van der Waals surface area contributed by atoms with Crippen LogP contribution in [0.25, 0.3) is 0 Å². The fourth-order valence-electron chi connectivity index (χ4n) is 2.62. The molecule has 0 radical (unpaired) electrons. The van der Waals surface area contributed by atoms with Crippen LogP contribution in [0.15, 0.2) is 6.20 Å². The Labute approximate surface area is 154 Å². The number of hydrogen-bond acceptors (Lipinski definition) is 7. The topological polar surface area (TPSA) is 116 Å². The van der Waals surface area contributed by atoms with Crippen LogP contribution in [-0.2, 0) is 22.5 Å². The van der Waals surface area contributed by atoms with Crippen LogP contribution >= 0.6 is 11.3 Å². The summed E-state index contributed by atoms with van der Waals surface area (Å²) in [5, 5.41) is 14.1. The Hall–Kier alpha value is -2.75. The largest absolute Gasteiger partial charge is 0.462 e. The van der Waals surface area contributed by atoms with Crippen LogP contribution in [0.5, 0.6) is 0 Å². The Morgan fingerprint density at radius 1 is 1.38 bits per heavy atom. The molecule has 1 amide bonds. The van der Waals surface area contributed by atoms with Gasteiger partial charge >= 0.3 is 11.8 Å². The summed E-state index contributed by atoms with van der Waals surface area (Å²) in [6.07, 6.45) is 1.73.